The lowest BCUT2D eigenvalue weighted by atomic mass is 10.1. The Bertz CT molecular complexity index is 522. The average Bonchev–Trinajstić information content (AvgIpc) is 2.36. The largest absolute Gasteiger partial charge is 0.466 e. The maximum atomic E-state index is 11.2. The standard InChI is InChI=1S/C14H15NO2/c1-2-17-14(16)8-7-13-9-11-5-3-4-6-12(11)10-15-13/h3-6,9-10H,2,7-8H2,1H3. The summed E-state index contributed by atoms with van der Waals surface area (Å²) in [4.78, 5) is 15.6. The highest BCUT2D eigenvalue weighted by Gasteiger charge is 2.04. The van der Waals surface area contributed by atoms with E-state index in [-0.39, 0.29) is 5.97 Å². The molecule has 0 radical (unpaired) electrons. The zero-order valence-corrected chi connectivity index (χ0v) is 9.85. The summed E-state index contributed by atoms with van der Waals surface area (Å²) in [6.45, 7) is 2.25. The van der Waals surface area contributed by atoms with Crippen LogP contribution in [-0.2, 0) is 16.0 Å². The van der Waals surface area contributed by atoms with E-state index in [4.69, 9.17) is 4.74 Å². The van der Waals surface area contributed by atoms with Crippen LogP contribution in [0.4, 0.5) is 0 Å². The first-order chi connectivity index (χ1) is 8.29. The summed E-state index contributed by atoms with van der Waals surface area (Å²) in [5.74, 6) is -0.164. The molecule has 2 rings (SSSR count). The van der Waals surface area contributed by atoms with E-state index >= 15 is 0 Å². The van der Waals surface area contributed by atoms with Crippen LogP contribution < -0.4 is 0 Å². The van der Waals surface area contributed by atoms with Crippen LogP contribution in [0.15, 0.2) is 36.5 Å². The topological polar surface area (TPSA) is 39.2 Å². The second-order valence-corrected chi connectivity index (χ2v) is 3.83. The van der Waals surface area contributed by atoms with Gasteiger partial charge in [0.1, 0.15) is 0 Å². The van der Waals surface area contributed by atoms with Crippen molar-refractivity contribution in [2.75, 3.05) is 6.61 Å². The summed E-state index contributed by atoms with van der Waals surface area (Å²) < 4.78 is 4.88. The molecule has 1 heterocycles. The number of esters is 1. The molecule has 0 aliphatic carbocycles. The van der Waals surface area contributed by atoms with Gasteiger partial charge in [0.2, 0.25) is 0 Å². The summed E-state index contributed by atoms with van der Waals surface area (Å²) >= 11 is 0. The Morgan fingerprint density at radius 2 is 2.06 bits per heavy atom. The van der Waals surface area contributed by atoms with E-state index in [9.17, 15) is 4.79 Å². The van der Waals surface area contributed by atoms with Crippen molar-refractivity contribution in [3.8, 4) is 0 Å². The molecule has 0 unspecified atom stereocenters. The summed E-state index contributed by atoms with van der Waals surface area (Å²) in [7, 11) is 0. The first-order valence-electron chi connectivity index (χ1n) is 5.79. The first kappa shape index (κ1) is 11.6. The number of hydrogen-bond donors (Lipinski definition) is 0. The van der Waals surface area contributed by atoms with Crippen LogP contribution in [0, 0.1) is 0 Å². The van der Waals surface area contributed by atoms with Crippen LogP contribution in [-0.4, -0.2) is 17.6 Å². The summed E-state index contributed by atoms with van der Waals surface area (Å²) in [6, 6.07) is 10.1. The van der Waals surface area contributed by atoms with Gasteiger partial charge in [0.15, 0.2) is 0 Å². The van der Waals surface area contributed by atoms with Gasteiger partial charge in [0, 0.05) is 23.7 Å². The Hall–Kier alpha value is -1.90. The maximum Gasteiger partial charge on any atom is 0.306 e. The monoisotopic (exact) mass is 229 g/mol. The Morgan fingerprint density at radius 3 is 2.82 bits per heavy atom. The number of fused-ring (bicyclic) bond motifs is 1. The number of hydrogen-bond acceptors (Lipinski definition) is 3. The van der Waals surface area contributed by atoms with Gasteiger partial charge < -0.3 is 4.74 Å². The van der Waals surface area contributed by atoms with Crippen molar-refractivity contribution in [1.82, 2.24) is 4.98 Å². The summed E-state index contributed by atoms with van der Waals surface area (Å²) in [6.07, 6.45) is 2.86. The number of aromatic nitrogens is 1. The minimum Gasteiger partial charge on any atom is -0.466 e. The third-order valence-corrected chi connectivity index (χ3v) is 2.58. The highest BCUT2D eigenvalue weighted by atomic mass is 16.5. The minimum absolute atomic E-state index is 0.164. The fourth-order valence-electron chi connectivity index (χ4n) is 1.73. The second-order valence-electron chi connectivity index (χ2n) is 3.83. The molecule has 0 spiro atoms. The highest BCUT2D eigenvalue weighted by molar-refractivity contribution is 5.81. The molecule has 2 aromatic rings. The fourth-order valence-corrected chi connectivity index (χ4v) is 1.73. The van der Waals surface area contributed by atoms with Crippen LogP contribution in [0.5, 0.6) is 0 Å². The van der Waals surface area contributed by atoms with E-state index in [1.165, 1.54) is 0 Å². The fraction of sp³-hybridized carbons (Fsp3) is 0.286. The molecule has 3 heteroatoms. The van der Waals surface area contributed by atoms with Gasteiger partial charge in [0.05, 0.1) is 13.0 Å². The molecule has 3 nitrogen and oxygen atoms in total. The molecule has 0 bridgehead atoms. The number of carbonyl (C=O) groups is 1. The van der Waals surface area contributed by atoms with Crippen molar-refractivity contribution in [3.63, 3.8) is 0 Å². The van der Waals surface area contributed by atoms with E-state index < -0.39 is 0 Å². The van der Waals surface area contributed by atoms with E-state index in [0.29, 0.717) is 19.4 Å². The number of benzene rings is 1. The Kier molecular flexibility index (Phi) is 3.70. The molecule has 1 aromatic heterocycles. The van der Waals surface area contributed by atoms with Crippen molar-refractivity contribution in [3.05, 3.63) is 42.2 Å². The van der Waals surface area contributed by atoms with E-state index in [2.05, 4.69) is 4.98 Å². The number of pyridine rings is 1. The quantitative estimate of drug-likeness (QED) is 0.757. The molecule has 1 aromatic carbocycles. The van der Waals surface area contributed by atoms with E-state index in [1.807, 2.05) is 43.5 Å². The maximum absolute atomic E-state index is 11.2. The molecule has 0 aliphatic rings. The van der Waals surface area contributed by atoms with Gasteiger partial charge >= 0.3 is 5.97 Å². The zero-order chi connectivity index (χ0) is 12.1. The molecule has 88 valence electrons. The molecule has 0 saturated carbocycles. The Balaban J connectivity index is 2.06. The molecular formula is C14H15NO2. The third-order valence-electron chi connectivity index (χ3n) is 2.58. The summed E-state index contributed by atoms with van der Waals surface area (Å²) in [5, 5.41) is 2.27. The highest BCUT2D eigenvalue weighted by Crippen LogP contribution is 2.14. The number of carbonyl (C=O) groups excluding carboxylic acids is 1. The lowest BCUT2D eigenvalue weighted by Gasteiger charge is -2.03. The molecule has 0 fully saturated rings. The predicted octanol–water partition coefficient (Wildman–Crippen LogP) is 2.73. The number of rotatable bonds is 4. The number of aryl methyl sites for hydroxylation is 1. The smallest absolute Gasteiger partial charge is 0.306 e. The van der Waals surface area contributed by atoms with Crippen LogP contribution in [0.2, 0.25) is 0 Å². The van der Waals surface area contributed by atoms with E-state index in [0.717, 1.165) is 16.5 Å². The van der Waals surface area contributed by atoms with Gasteiger partial charge in [-0.25, -0.2) is 0 Å². The van der Waals surface area contributed by atoms with Gasteiger partial charge in [0.25, 0.3) is 0 Å². The van der Waals surface area contributed by atoms with Crippen molar-refractivity contribution < 1.29 is 9.53 Å². The summed E-state index contributed by atoms with van der Waals surface area (Å²) in [5.41, 5.74) is 0.928. The normalized spacial score (nSPS) is 10.4. The van der Waals surface area contributed by atoms with Gasteiger partial charge in [-0.3, -0.25) is 9.78 Å². The molecular weight excluding hydrogens is 214 g/mol. The van der Waals surface area contributed by atoms with Crippen molar-refractivity contribution in [1.29, 1.82) is 0 Å². The third kappa shape index (κ3) is 3.03. The lowest BCUT2D eigenvalue weighted by molar-refractivity contribution is -0.143. The number of nitrogens with zero attached hydrogens (tertiary/aromatic N) is 1. The number of ether oxygens (including phenoxy) is 1. The van der Waals surface area contributed by atoms with Gasteiger partial charge in [-0.05, 0) is 18.4 Å². The van der Waals surface area contributed by atoms with Crippen LogP contribution in [0.25, 0.3) is 10.8 Å². The van der Waals surface area contributed by atoms with Crippen molar-refractivity contribution in [2.45, 2.75) is 19.8 Å². The predicted molar refractivity (Wildman–Crippen MR) is 66.7 cm³/mol. The zero-order valence-electron chi connectivity index (χ0n) is 9.85. The van der Waals surface area contributed by atoms with Crippen molar-refractivity contribution in [2.24, 2.45) is 0 Å². The second kappa shape index (κ2) is 5.43. The van der Waals surface area contributed by atoms with Gasteiger partial charge in [-0.1, -0.05) is 24.3 Å². The lowest BCUT2D eigenvalue weighted by Crippen LogP contribution is -2.05. The molecule has 0 N–H and O–H groups in total. The Labute approximate surface area is 100 Å². The average molecular weight is 229 g/mol. The molecule has 0 atom stereocenters. The van der Waals surface area contributed by atoms with Gasteiger partial charge in [-0.15, -0.1) is 0 Å². The van der Waals surface area contributed by atoms with Crippen molar-refractivity contribution >= 4 is 16.7 Å². The molecule has 0 saturated heterocycles. The molecule has 0 amide bonds. The van der Waals surface area contributed by atoms with Crippen LogP contribution in [0.1, 0.15) is 19.0 Å². The first-order valence-corrected chi connectivity index (χ1v) is 5.79. The molecule has 0 aliphatic heterocycles. The van der Waals surface area contributed by atoms with Gasteiger partial charge in [-0.2, -0.15) is 0 Å². The SMILES string of the molecule is CCOC(=O)CCc1cc2ccccc2cn1. The van der Waals surface area contributed by atoms with Crippen LogP contribution >= 0.6 is 0 Å². The van der Waals surface area contributed by atoms with E-state index in [1.54, 1.807) is 0 Å². The Morgan fingerprint density at radius 1 is 1.29 bits per heavy atom. The molecule has 17 heavy (non-hydrogen) atoms. The van der Waals surface area contributed by atoms with Crippen LogP contribution in [0.3, 0.4) is 0 Å². The minimum atomic E-state index is -0.164.